The quantitative estimate of drug-likeness (QED) is 0.422. The van der Waals surface area contributed by atoms with E-state index in [1.54, 1.807) is 24.3 Å². The number of unbranched alkanes of at least 4 members (excludes halogenated alkanes) is 1. The number of halogens is 2. The molecule has 31 heavy (non-hydrogen) atoms. The van der Waals surface area contributed by atoms with E-state index in [0.29, 0.717) is 17.9 Å². The second kappa shape index (κ2) is 11.9. The number of anilines is 1. The number of ether oxygens (including phenoxy) is 2. The molecular formula is C22H24ClFN2O5. The van der Waals surface area contributed by atoms with Crippen LogP contribution in [0.25, 0.3) is 0 Å². The van der Waals surface area contributed by atoms with Gasteiger partial charge in [0.05, 0.1) is 12.3 Å². The molecule has 0 saturated heterocycles. The Morgan fingerprint density at radius 2 is 1.84 bits per heavy atom. The molecule has 1 unspecified atom stereocenters. The van der Waals surface area contributed by atoms with Gasteiger partial charge in [-0.2, -0.15) is 0 Å². The Labute approximate surface area is 184 Å². The smallest absolute Gasteiger partial charge is 0.326 e. The lowest BCUT2D eigenvalue weighted by atomic mass is 10.2. The Bertz CT molecular complexity index is 921. The van der Waals surface area contributed by atoms with E-state index in [9.17, 15) is 18.8 Å². The Hall–Kier alpha value is -3.13. The third kappa shape index (κ3) is 7.90. The van der Waals surface area contributed by atoms with E-state index in [1.807, 2.05) is 0 Å². The largest absolute Gasteiger partial charge is 0.494 e. The van der Waals surface area contributed by atoms with Gasteiger partial charge in [-0.25, -0.2) is 4.39 Å². The number of esters is 1. The molecule has 9 heteroatoms. The van der Waals surface area contributed by atoms with Gasteiger partial charge in [0.2, 0.25) is 0 Å². The van der Waals surface area contributed by atoms with Crippen molar-refractivity contribution < 1.29 is 28.2 Å². The molecule has 0 aromatic heterocycles. The van der Waals surface area contributed by atoms with Crippen LogP contribution in [0.15, 0.2) is 42.5 Å². The van der Waals surface area contributed by atoms with Crippen molar-refractivity contribution in [3.63, 3.8) is 0 Å². The summed E-state index contributed by atoms with van der Waals surface area (Å²) in [6.45, 7) is 3.57. The number of nitrogens with one attached hydrogen (secondary N) is 2. The zero-order chi connectivity index (χ0) is 22.8. The van der Waals surface area contributed by atoms with E-state index in [0.717, 1.165) is 18.9 Å². The number of rotatable bonds is 10. The standard InChI is InChI=1S/C22H24ClFN2O5/c1-3-4-11-30-17-8-5-15(6-9-17)22(29)25-13-20(27)31-14(2)21(28)26-19-10-7-16(23)12-18(19)24/h5-10,12,14H,3-4,11,13H2,1-2H3,(H,25,29)(H,26,28). The van der Waals surface area contributed by atoms with Crippen LogP contribution in [0.2, 0.25) is 5.02 Å². The lowest BCUT2D eigenvalue weighted by Crippen LogP contribution is -2.36. The highest BCUT2D eigenvalue weighted by molar-refractivity contribution is 6.30. The highest BCUT2D eigenvalue weighted by Gasteiger charge is 2.19. The average Bonchev–Trinajstić information content (AvgIpc) is 2.74. The lowest BCUT2D eigenvalue weighted by Gasteiger charge is -2.14. The topological polar surface area (TPSA) is 93.7 Å². The van der Waals surface area contributed by atoms with Crippen LogP contribution in [0, 0.1) is 5.82 Å². The Morgan fingerprint density at radius 3 is 2.48 bits per heavy atom. The number of hydrogen-bond donors (Lipinski definition) is 2. The molecule has 0 fully saturated rings. The van der Waals surface area contributed by atoms with Gasteiger partial charge in [-0.1, -0.05) is 24.9 Å². The van der Waals surface area contributed by atoms with Crippen molar-refractivity contribution in [2.45, 2.75) is 32.8 Å². The van der Waals surface area contributed by atoms with Crippen molar-refractivity contribution in [1.82, 2.24) is 5.32 Å². The molecular weight excluding hydrogens is 427 g/mol. The fourth-order valence-electron chi connectivity index (χ4n) is 2.41. The first-order valence-electron chi connectivity index (χ1n) is 9.76. The monoisotopic (exact) mass is 450 g/mol. The summed E-state index contributed by atoms with van der Waals surface area (Å²) in [7, 11) is 0. The van der Waals surface area contributed by atoms with Gasteiger partial charge in [0.1, 0.15) is 18.1 Å². The zero-order valence-corrected chi connectivity index (χ0v) is 18.0. The van der Waals surface area contributed by atoms with Crippen LogP contribution in [0.4, 0.5) is 10.1 Å². The minimum atomic E-state index is -1.20. The molecule has 2 rings (SSSR count). The number of carbonyl (C=O) groups is 3. The van der Waals surface area contributed by atoms with Gasteiger partial charge >= 0.3 is 5.97 Å². The van der Waals surface area contributed by atoms with E-state index >= 15 is 0 Å². The second-order valence-corrected chi connectivity index (χ2v) is 7.09. The minimum Gasteiger partial charge on any atom is -0.494 e. The molecule has 166 valence electrons. The van der Waals surface area contributed by atoms with Crippen molar-refractivity contribution in [3.8, 4) is 5.75 Å². The van der Waals surface area contributed by atoms with Crippen LogP contribution in [-0.4, -0.2) is 37.0 Å². The third-order valence-corrected chi connectivity index (χ3v) is 4.38. The molecule has 0 aliphatic carbocycles. The normalized spacial score (nSPS) is 11.4. The van der Waals surface area contributed by atoms with Gasteiger partial charge in [0.25, 0.3) is 11.8 Å². The molecule has 0 aliphatic heterocycles. The highest BCUT2D eigenvalue weighted by atomic mass is 35.5. The van der Waals surface area contributed by atoms with E-state index in [2.05, 4.69) is 17.6 Å². The van der Waals surface area contributed by atoms with E-state index in [-0.39, 0.29) is 10.7 Å². The number of carbonyl (C=O) groups excluding carboxylic acids is 3. The summed E-state index contributed by atoms with van der Waals surface area (Å²) in [6.07, 6.45) is 0.767. The summed E-state index contributed by atoms with van der Waals surface area (Å²) in [4.78, 5) is 36.2. The van der Waals surface area contributed by atoms with Crippen molar-refractivity contribution in [1.29, 1.82) is 0 Å². The SMILES string of the molecule is CCCCOc1ccc(C(=O)NCC(=O)OC(C)C(=O)Nc2ccc(Cl)cc2F)cc1. The van der Waals surface area contributed by atoms with Crippen LogP contribution in [0.5, 0.6) is 5.75 Å². The summed E-state index contributed by atoms with van der Waals surface area (Å²) in [5, 5.41) is 4.91. The molecule has 2 aromatic rings. The van der Waals surface area contributed by atoms with Crippen LogP contribution in [0.1, 0.15) is 37.0 Å². The van der Waals surface area contributed by atoms with Gasteiger partial charge in [-0.05, 0) is 55.8 Å². The Kier molecular flexibility index (Phi) is 9.27. The van der Waals surface area contributed by atoms with Crippen LogP contribution < -0.4 is 15.4 Å². The summed E-state index contributed by atoms with van der Waals surface area (Å²) in [5.41, 5.74) is 0.257. The van der Waals surface area contributed by atoms with Gasteiger partial charge in [0, 0.05) is 10.6 Å². The molecule has 0 radical (unpaired) electrons. The molecule has 0 spiro atoms. The Balaban J connectivity index is 1.78. The summed E-state index contributed by atoms with van der Waals surface area (Å²) in [5.74, 6) is -2.07. The first-order chi connectivity index (χ1) is 14.8. The predicted molar refractivity (Wildman–Crippen MR) is 115 cm³/mol. The second-order valence-electron chi connectivity index (χ2n) is 6.65. The molecule has 0 bridgehead atoms. The first-order valence-corrected chi connectivity index (χ1v) is 10.1. The fraction of sp³-hybridized carbons (Fsp3) is 0.318. The molecule has 1 atom stereocenters. The van der Waals surface area contributed by atoms with Crippen LogP contribution >= 0.6 is 11.6 Å². The molecule has 2 amide bonds. The van der Waals surface area contributed by atoms with Crippen LogP contribution in [0.3, 0.4) is 0 Å². The maximum Gasteiger partial charge on any atom is 0.326 e. The molecule has 0 heterocycles. The Morgan fingerprint density at radius 1 is 1.13 bits per heavy atom. The van der Waals surface area contributed by atoms with Crippen molar-refractivity contribution in [2.75, 3.05) is 18.5 Å². The molecule has 0 aliphatic rings. The zero-order valence-electron chi connectivity index (χ0n) is 17.2. The highest BCUT2D eigenvalue weighted by Crippen LogP contribution is 2.19. The molecule has 7 nitrogen and oxygen atoms in total. The average molecular weight is 451 g/mol. The first kappa shape index (κ1) is 24.1. The van der Waals surface area contributed by atoms with Gasteiger partial charge < -0.3 is 20.1 Å². The van der Waals surface area contributed by atoms with Gasteiger partial charge in [-0.15, -0.1) is 0 Å². The summed E-state index contributed by atoms with van der Waals surface area (Å²) < 4.78 is 24.2. The van der Waals surface area contributed by atoms with Crippen molar-refractivity contribution in [2.24, 2.45) is 0 Å². The molecule has 2 aromatic carbocycles. The van der Waals surface area contributed by atoms with Crippen LogP contribution in [-0.2, 0) is 14.3 Å². The van der Waals surface area contributed by atoms with Crippen molar-refractivity contribution >= 4 is 35.1 Å². The van der Waals surface area contributed by atoms with E-state index in [4.69, 9.17) is 21.1 Å². The predicted octanol–water partition coefficient (Wildman–Crippen LogP) is 3.96. The van der Waals surface area contributed by atoms with E-state index in [1.165, 1.54) is 19.1 Å². The van der Waals surface area contributed by atoms with E-state index < -0.39 is 36.2 Å². The van der Waals surface area contributed by atoms with Crippen molar-refractivity contribution in [3.05, 3.63) is 58.9 Å². The number of amides is 2. The molecule has 0 saturated carbocycles. The number of hydrogen-bond acceptors (Lipinski definition) is 5. The van der Waals surface area contributed by atoms with Gasteiger partial charge in [-0.3, -0.25) is 14.4 Å². The molecule has 2 N–H and O–H groups in total. The van der Waals surface area contributed by atoms with Gasteiger partial charge in [0.15, 0.2) is 6.10 Å². The summed E-state index contributed by atoms with van der Waals surface area (Å²) in [6, 6.07) is 10.3. The lowest BCUT2D eigenvalue weighted by molar-refractivity contribution is -0.152. The third-order valence-electron chi connectivity index (χ3n) is 4.14. The minimum absolute atomic E-state index is 0.0901. The fourth-order valence-corrected chi connectivity index (χ4v) is 2.57. The number of benzene rings is 2. The summed E-state index contributed by atoms with van der Waals surface area (Å²) >= 11 is 5.66. The maximum absolute atomic E-state index is 13.7. The maximum atomic E-state index is 13.7.